The van der Waals surface area contributed by atoms with E-state index in [9.17, 15) is 0 Å². The summed E-state index contributed by atoms with van der Waals surface area (Å²) in [6.45, 7) is 2.03. The SMILES string of the molecule is Cc1cnccc1C(N)Cc1cccnc1. The van der Waals surface area contributed by atoms with Gasteiger partial charge in [0.1, 0.15) is 0 Å². The van der Waals surface area contributed by atoms with E-state index in [1.165, 1.54) is 0 Å². The molecule has 0 aliphatic heterocycles. The number of aryl methyl sites for hydroxylation is 1. The Balaban J connectivity index is 2.15. The lowest BCUT2D eigenvalue weighted by atomic mass is 9.98. The van der Waals surface area contributed by atoms with Crippen molar-refractivity contribution in [1.29, 1.82) is 0 Å². The van der Waals surface area contributed by atoms with Gasteiger partial charge in [0.05, 0.1) is 0 Å². The van der Waals surface area contributed by atoms with Gasteiger partial charge in [-0.2, -0.15) is 0 Å². The van der Waals surface area contributed by atoms with Gasteiger partial charge in [-0.05, 0) is 42.2 Å². The summed E-state index contributed by atoms with van der Waals surface area (Å²) >= 11 is 0. The van der Waals surface area contributed by atoms with Crippen molar-refractivity contribution >= 4 is 0 Å². The Hall–Kier alpha value is -1.74. The summed E-state index contributed by atoms with van der Waals surface area (Å²) in [6, 6.07) is 5.97. The Bertz CT molecular complexity index is 454. The summed E-state index contributed by atoms with van der Waals surface area (Å²) in [5.41, 5.74) is 9.62. The molecule has 3 nitrogen and oxygen atoms in total. The normalized spacial score (nSPS) is 12.4. The van der Waals surface area contributed by atoms with Gasteiger partial charge in [-0.15, -0.1) is 0 Å². The minimum atomic E-state index is 0.00667. The molecular formula is C13H15N3. The molecule has 2 aromatic heterocycles. The summed E-state index contributed by atoms with van der Waals surface area (Å²) in [6.07, 6.45) is 8.06. The van der Waals surface area contributed by atoms with Crippen molar-refractivity contribution < 1.29 is 0 Å². The maximum Gasteiger partial charge on any atom is 0.0340 e. The summed E-state index contributed by atoms with van der Waals surface area (Å²) in [4.78, 5) is 8.15. The Kier molecular flexibility index (Phi) is 3.27. The molecule has 0 fully saturated rings. The first-order chi connectivity index (χ1) is 7.77. The van der Waals surface area contributed by atoms with Crippen LogP contribution in [-0.2, 0) is 6.42 Å². The number of nitrogens with zero attached hydrogens (tertiary/aromatic N) is 2. The van der Waals surface area contributed by atoms with Gasteiger partial charge in [0.15, 0.2) is 0 Å². The van der Waals surface area contributed by atoms with Gasteiger partial charge < -0.3 is 5.73 Å². The molecule has 0 radical (unpaired) electrons. The van der Waals surface area contributed by atoms with Crippen LogP contribution in [0.2, 0.25) is 0 Å². The predicted octanol–water partition coefficient (Wildman–Crippen LogP) is 2.03. The molecule has 3 heteroatoms. The van der Waals surface area contributed by atoms with Crippen LogP contribution in [0.4, 0.5) is 0 Å². The van der Waals surface area contributed by atoms with E-state index in [2.05, 4.69) is 9.97 Å². The number of nitrogens with two attached hydrogens (primary N) is 1. The Labute approximate surface area is 95.4 Å². The van der Waals surface area contributed by atoms with Crippen LogP contribution < -0.4 is 5.73 Å². The van der Waals surface area contributed by atoms with E-state index in [0.29, 0.717) is 0 Å². The third-order valence-corrected chi connectivity index (χ3v) is 2.64. The van der Waals surface area contributed by atoms with Crippen molar-refractivity contribution in [1.82, 2.24) is 9.97 Å². The molecule has 2 heterocycles. The van der Waals surface area contributed by atoms with Crippen molar-refractivity contribution in [2.75, 3.05) is 0 Å². The van der Waals surface area contributed by atoms with E-state index >= 15 is 0 Å². The van der Waals surface area contributed by atoms with Crippen LogP contribution in [0, 0.1) is 6.92 Å². The second-order valence-corrected chi connectivity index (χ2v) is 3.90. The number of aromatic nitrogens is 2. The van der Waals surface area contributed by atoms with Crippen LogP contribution in [0.25, 0.3) is 0 Å². The number of rotatable bonds is 3. The lowest BCUT2D eigenvalue weighted by Gasteiger charge is -2.13. The molecule has 0 aliphatic rings. The number of hydrogen-bond donors (Lipinski definition) is 1. The minimum absolute atomic E-state index is 0.00667. The molecule has 0 amide bonds. The van der Waals surface area contributed by atoms with Crippen LogP contribution in [0.1, 0.15) is 22.7 Å². The summed E-state index contributed by atoms with van der Waals surface area (Å²) in [5.74, 6) is 0. The Morgan fingerprint density at radius 1 is 1.19 bits per heavy atom. The largest absolute Gasteiger partial charge is 0.324 e. The van der Waals surface area contributed by atoms with Gasteiger partial charge in [0.2, 0.25) is 0 Å². The molecule has 0 aliphatic carbocycles. The predicted molar refractivity (Wildman–Crippen MR) is 63.8 cm³/mol. The molecule has 2 rings (SSSR count). The van der Waals surface area contributed by atoms with Gasteiger partial charge in [0.25, 0.3) is 0 Å². The van der Waals surface area contributed by atoms with Crippen molar-refractivity contribution in [3.05, 3.63) is 59.7 Å². The van der Waals surface area contributed by atoms with Gasteiger partial charge in [-0.1, -0.05) is 6.07 Å². The zero-order valence-electron chi connectivity index (χ0n) is 9.30. The average Bonchev–Trinajstić information content (AvgIpc) is 2.31. The highest BCUT2D eigenvalue weighted by Crippen LogP contribution is 2.17. The van der Waals surface area contributed by atoms with Gasteiger partial charge in [0, 0.05) is 30.8 Å². The molecule has 2 N–H and O–H groups in total. The molecule has 0 aromatic carbocycles. The molecule has 0 bridgehead atoms. The maximum absolute atomic E-state index is 6.17. The number of hydrogen-bond acceptors (Lipinski definition) is 3. The van der Waals surface area contributed by atoms with Crippen LogP contribution in [-0.4, -0.2) is 9.97 Å². The molecule has 2 aromatic rings. The van der Waals surface area contributed by atoms with Crippen molar-refractivity contribution in [3.8, 4) is 0 Å². The molecule has 82 valence electrons. The highest BCUT2D eigenvalue weighted by molar-refractivity contribution is 5.26. The zero-order valence-corrected chi connectivity index (χ0v) is 9.30. The molecule has 16 heavy (non-hydrogen) atoms. The number of pyridine rings is 2. The van der Waals surface area contributed by atoms with Gasteiger partial charge in [-0.25, -0.2) is 0 Å². The smallest absolute Gasteiger partial charge is 0.0340 e. The highest BCUT2D eigenvalue weighted by atomic mass is 14.7. The van der Waals surface area contributed by atoms with E-state index in [1.807, 2.05) is 37.5 Å². The minimum Gasteiger partial charge on any atom is -0.324 e. The topological polar surface area (TPSA) is 51.8 Å². The lowest BCUT2D eigenvalue weighted by molar-refractivity contribution is 0.712. The van der Waals surface area contributed by atoms with E-state index in [4.69, 9.17) is 5.73 Å². The van der Waals surface area contributed by atoms with Crippen LogP contribution in [0.3, 0.4) is 0 Å². The summed E-state index contributed by atoms with van der Waals surface area (Å²) in [5, 5.41) is 0. The van der Waals surface area contributed by atoms with Crippen molar-refractivity contribution in [3.63, 3.8) is 0 Å². The Morgan fingerprint density at radius 2 is 2.00 bits per heavy atom. The fourth-order valence-electron chi connectivity index (χ4n) is 1.78. The van der Waals surface area contributed by atoms with Crippen LogP contribution in [0.15, 0.2) is 43.0 Å². The molecule has 0 spiro atoms. The van der Waals surface area contributed by atoms with Crippen LogP contribution >= 0.6 is 0 Å². The molecule has 0 saturated heterocycles. The fraction of sp³-hybridized carbons (Fsp3) is 0.231. The first-order valence-corrected chi connectivity index (χ1v) is 5.32. The second-order valence-electron chi connectivity index (χ2n) is 3.90. The van der Waals surface area contributed by atoms with Gasteiger partial charge >= 0.3 is 0 Å². The first-order valence-electron chi connectivity index (χ1n) is 5.32. The summed E-state index contributed by atoms with van der Waals surface area (Å²) in [7, 11) is 0. The second kappa shape index (κ2) is 4.86. The van der Waals surface area contributed by atoms with E-state index in [0.717, 1.165) is 23.1 Å². The molecular weight excluding hydrogens is 198 g/mol. The first kappa shape index (κ1) is 10.8. The standard InChI is InChI=1S/C13H15N3/c1-10-8-16-6-4-12(10)13(14)7-11-3-2-5-15-9-11/h2-6,8-9,13H,7,14H2,1H3. The van der Waals surface area contributed by atoms with Crippen LogP contribution in [0.5, 0.6) is 0 Å². The van der Waals surface area contributed by atoms with Gasteiger partial charge in [-0.3, -0.25) is 9.97 Å². The molecule has 1 unspecified atom stereocenters. The zero-order chi connectivity index (χ0) is 11.4. The lowest BCUT2D eigenvalue weighted by Crippen LogP contribution is -2.14. The Morgan fingerprint density at radius 3 is 2.69 bits per heavy atom. The molecule has 0 saturated carbocycles. The van der Waals surface area contributed by atoms with Crippen molar-refractivity contribution in [2.24, 2.45) is 5.73 Å². The van der Waals surface area contributed by atoms with E-state index in [1.54, 1.807) is 12.4 Å². The van der Waals surface area contributed by atoms with E-state index < -0.39 is 0 Å². The van der Waals surface area contributed by atoms with Crippen molar-refractivity contribution in [2.45, 2.75) is 19.4 Å². The third-order valence-electron chi connectivity index (χ3n) is 2.64. The average molecular weight is 213 g/mol. The monoisotopic (exact) mass is 213 g/mol. The van der Waals surface area contributed by atoms with E-state index in [-0.39, 0.29) is 6.04 Å². The fourth-order valence-corrected chi connectivity index (χ4v) is 1.78. The maximum atomic E-state index is 6.17. The quantitative estimate of drug-likeness (QED) is 0.848. The third kappa shape index (κ3) is 2.44. The highest BCUT2D eigenvalue weighted by Gasteiger charge is 2.09. The summed E-state index contributed by atoms with van der Waals surface area (Å²) < 4.78 is 0. The molecule has 1 atom stereocenters.